The molecule has 0 heterocycles. The standard InChI is InChI=1S/C10H20BN2O2/c1-5-7-13(10(3)15)11-6-8-12(4)9(2)14/h5-8H2,1-4H3. The first-order chi connectivity index (χ1) is 6.99. The summed E-state index contributed by atoms with van der Waals surface area (Å²) in [6.45, 7) is 6.53. The molecule has 0 aromatic carbocycles. The van der Waals surface area contributed by atoms with Gasteiger partial charge in [-0.25, -0.2) is 0 Å². The molecule has 85 valence electrons. The van der Waals surface area contributed by atoms with Gasteiger partial charge in [0.1, 0.15) is 0 Å². The van der Waals surface area contributed by atoms with Gasteiger partial charge in [0.25, 0.3) is 7.41 Å². The van der Waals surface area contributed by atoms with Crippen LogP contribution in [-0.4, -0.2) is 49.1 Å². The van der Waals surface area contributed by atoms with Crippen molar-refractivity contribution in [3.05, 3.63) is 0 Å². The zero-order valence-electron chi connectivity index (χ0n) is 10.1. The Morgan fingerprint density at radius 3 is 2.13 bits per heavy atom. The van der Waals surface area contributed by atoms with Crippen molar-refractivity contribution >= 4 is 19.2 Å². The van der Waals surface area contributed by atoms with Crippen molar-refractivity contribution in [2.45, 2.75) is 33.5 Å². The van der Waals surface area contributed by atoms with E-state index in [1.54, 1.807) is 23.7 Å². The predicted molar refractivity (Wildman–Crippen MR) is 61.6 cm³/mol. The van der Waals surface area contributed by atoms with Gasteiger partial charge in [-0.3, -0.25) is 9.59 Å². The Morgan fingerprint density at radius 1 is 1.13 bits per heavy atom. The van der Waals surface area contributed by atoms with E-state index < -0.39 is 0 Å². The second-order valence-corrected chi connectivity index (χ2v) is 3.62. The molecule has 0 spiro atoms. The lowest BCUT2D eigenvalue weighted by molar-refractivity contribution is -0.127. The molecule has 0 aromatic heterocycles. The summed E-state index contributed by atoms with van der Waals surface area (Å²) in [6, 6.07) is 0. The average molecular weight is 211 g/mol. The van der Waals surface area contributed by atoms with E-state index in [0.717, 1.165) is 19.3 Å². The van der Waals surface area contributed by atoms with Crippen molar-refractivity contribution in [3.8, 4) is 0 Å². The Hall–Kier alpha value is -0.995. The van der Waals surface area contributed by atoms with Crippen LogP contribution in [0.4, 0.5) is 0 Å². The van der Waals surface area contributed by atoms with Crippen LogP contribution in [0.1, 0.15) is 27.2 Å². The SMILES string of the molecule is CCCN([B]CCN(C)C(C)=O)C(C)=O. The Morgan fingerprint density at radius 2 is 1.73 bits per heavy atom. The normalized spacial score (nSPS) is 9.60. The Balaban J connectivity index is 3.80. The fourth-order valence-electron chi connectivity index (χ4n) is 1.18. The predicted octanol–water partition coefficient (Wildman–Crippen LogP) is 0.761. The van der Waals surface area contributed by atoms with E-state index in [1.807, 2.05) is 14.3 Å². The first kappa shape index (κ1) is 14.0. The van der Waals surface area contributed by atoms with E-state index in [9.17, 15) is 9.59 Å². The van der Waals surface area contributed by atoms with Crippen molar-refractivity contribution < 1.29 is 9.59 Å². The number of hydrogen-bond acceptors (Lipinski definition) is 2. The lowest BCUT2D eigenvalue weighted by Gasteiger charge is -2.21. The lowest BCUT2D eigenvalue weighted by atomic mass is 9.85. The van der Waals surface area contributed by atoms with Crippen LogP contribution in [0.3, 0.4) is 0 Å². The maximum Gasteiger partial charge on any atom is 0.251 e. The first-order valence-corrected chi connectivity index (χ1v) is 5.31. The number of amides is 2. The molecule has 0 N–H and O–H groups in total. The second kappa shape index (κ2) is 7.32. The fourth-order valence-corrected chi connectivity index (χ4v) is 1.18. The van der Waals surface area contributed by atoms with Crippen molar-refractivity contribution in [2.24, 2.45) is 0 Å². The van der Waals surface area contributed by atoms with Crippen LogP contribution in [0.15, 0.2) is 0 Å². The minimum absolute atomic E-state index is 0.0493. The zero-order chi connectivity index (χ0) is 11.8. The Labute approximate surface area is 92.9 Å². The molecule has 4 nitrogen and oxygen atoms in total. The van der Waals surface area contributed by atoms with Crippen molar-refractivity contribution in [2.75, 3.05) is 20.1 Å². The van der Waals surface area contributed by atoms with Gasteiger partial charge in [0.05, 0.1) is 0 Å². The highest BCUT2D eigenvalue weighted by Crippen LogP contribution is 1.95. The maximum absolute atomic E-state index is 11.2. The molecule has 0 unspecified atom stereocenters. The summed E-state index contributed by atoms with van der Waals surface area (Å²) in [5.41, 5.74) is 0. The summed E-state index contributed by atoms with van der Waals surface area (Å²) in [6.07, 6.45) is 1.66. The van der Waals surface area contributed by atoms with Gasteiger partial charge in [0.15, 0.2) is 0 Å². The summed E-state index contributed by atoms with van der Waals surface area (Å²) < 4.78 is 0. The third kappa shape index (κ3) is 6.15. The van der Waals surface area contributed by atoms with E-state index in [-0.39, 0.29) is 11.8 Å². The molecular weight excluding hydrogens is 191 g/mol. The molecular formula is C10H20BN2O2. The topological polar surface area (TPSA) is 40.6 Å². The van der Waals surface area contributed by atoms with E-state index in [2.05, 4.69) is 0 Å². The van der Waals surface area contributed by atoms with Crippen LogP contribution in [0.2, 0.25) is 6.32 Å². The zero-order valence-corrected chi connectivity index (χ0v) is 10.1. The molecule has 0 saturated heterocycles. The van der Waals surface area contributed by atoms with Gasteiger partial charge in [-0.15, -0.1) is 0 Å². The fraction of sp³-hybridized carbons (Fsp3) is 0.800. The van der Waals surface area contributed by atoms with Crippen molar-refractivity contribution in [1.29, 1.82) is 0 Å². The third-order valence-electron chi connectivity index (χ3n) is 2.22. The number of carbonyl (C=O) groups excluding carboxylic acids is 2. The van der Waals surface area contributed by atoms with E-state index in [1.165, 1.54) is 6.92 Å². The molecule has 2 amide bonds. The van der Waals surface area contributed by atoms with Gasteiger partial charge in [-0.1, -0.05) is 6.92 Å². The van der Waals surface area contributed by atoms with Crippen molar-refractivity contribution in [3.63, 3.8) is 0 Å². The van der Waals surface area contributed by atoms with Gasteiger partial charge >= 0.3 is 0 Å². The van der Waals surface area contributed by atoms with Gasteiger partial charge in [-0.2, -0.15) is 0 Å². The first-order valence-electron chi connectivity index (χ1n) is 5.31. The van der Waals surface area contributed by atoms with Crippen molar-refractivity contribution in [1.82, 2.24) is 9.71 Å². The Bertz CT molecular complexity index is 221. The largest absolute Gasteiger partial charge is 0.391 e. The lowest BCUT2D eigenvalue weighted by Crippen LogP contribution is -2.35. The summed E-state index contributed by atoms with van der Waals surface area (Å²) in [5.74, 6) is 0.107. The molecule has 0 aliphatic carbocycles. The van der Waals surface area contributed by atoms with E-state index >= 15 is 0 Å². The molecule has 5 heteroatoms. The minimum Gasteiger partial charge on any atom is -0.391 e. The van der Waals surface area contributed by atoms with E-state index in [0.29, 0.717) is 6.54 Å². The molecule has 0 aliphatic heterocycles. The van der Waals surface area contributed by atoms with Crippen LogP contribution in [0, 0.1) is 0 Å². The molecule has 0 rings (SSSR count). The number of hydrogen-bond donors (Lipinski definition) is 0. The molecule has 1 radical (unpaired) electrons. The highest BCUT2D eigenvalue weighted by Gasteiger charge is 2.10. The van der Waals surface area contributed by atoms with Gasteiger partial charge in [-0.05, 0) is 12.7 Å². The summed E-state index contributed by atoms with van der Waals surface area (Å²) in [7, 11) is 3.62. The highest BCUT2D eigenvalue weighted by molar-refractivity contribution is 6.36. The van der Waals surface area contributed by atoms with Crippen LogP contribution >= 0.6 is 0 Å². The molecule has 0 atom stereocenters. The van der Waals surface area contributed by atoms with Gasteiger partial charge in [0, 0.05) is 34.0 Å². The van der Waals surface area contributed by atoms with E-state index in [4.69, 9.17) is 0 Å². The van der Waals surface area contributed by atoms with Crippen LogP contribution in [0.25, 0.3) is 0 Å². The van der Waals surface area contributed by atoms with Gasteiger partial charge < -0.3 is 9.71 Å². The Kier molecular flexibility index (Phi) is 6.83. The maximum atomic E-state index is 11.2. The molecule has 0 bridgehead atoms. The minimum atomic E-state index is 0.0493. The van der Waals surface area contributed by atoms with Crippen LogP contribution in [0.5, 0.6) is 0 Å². The number of carbonyl (C=O) groups is 2. The van der Waals surface area contributed by atoms with Crippen LogP contribution in [-0.2, 0) is 9.59 Å². The quantitative estimate of drug-likeness (QED) is 0.608. The smallest absolute Gasteiger partial charge is 0.251 e. The summed E-state index contributed by atoms with van der Waals surface area (Å²) >= 11 is 0. The molecule has 0 fully saturated rings. The monoisotopic (exact) mass is 211 g/mol. The molecule has 0 saturated carbocycles. The number of rotatable bonds is 6. The third-order valence-corrected chi connectivity index (χ3v) is 2.22. The summed E-state index contributed by atoms with van der Waals surface area (Å²) in [4.78, 5) is 25.4. The molecule has 0 aliphatic rings. The highest BCUT2D eigenvalue weighted by atomic mass is 16.2. The van der Waals surface area contributed by atoms with Gasteiger partial charge in [0.2, 0.25) is 11.8 Å². The second-order valence-electron chi connectivity index (χ2n) is 3.62. The van der Waals surface area contributed by atoms with Crippen LogP contribution < -0.4 is 0 Å². The summed E-state index contributed by atoms with van der Waals surface area (Å²) in [5, 5.41) is 0. The molecule has 15 heavy (non-hydrogen) atoms. The average Bonchev–Trinajstić information content (AvgIpc) is 2.15. The number of nitrogens with zero attached hydrogens (tertiary/aromatic N) is 2. The molecule has 0 aromatic rings.